The van der Waals surface area contributed by atoms with Crippen LogP contribution in [-0.4, -0.2) is 48.2 Å². The van der Waals surface area contributed by atoms with E-state index in [1.807, 2.05) is 61.5 Å². The van der Waals surface area contributed by atoms with E-state index in [4.69, 9.17) is 0 Å². The van der Waals surface area contributed by atoms with E-state index in [2.05, 4.69) is 0 Å². The lowest BCUT2D eigenvalue weighted by molar-refractivity contribution is -0.144. The first-order chi connectivity index (χ1) is 11.3. The molecule has 0 atom stereocenters. The smallest absolute Gasteiger partial charge is 0.244 e. The molecular weight excluding hydrogens is 336 g/mol. The molecule has 1 heterocycles. The van der Waals surface area contributed by atoms with Crippen LogP contribution in [0.15, 0.2) is 11.0 Å². The van der Waals surface area contributed by atoms with E-state index in [-0.39, 0.29) is 18.5 Å². The van der Waals surface area contributed by atoms with E-state index in [1.54, 1.807) is 4.90 Å². The summed E-state index contributed by atoms with van der Waals surface area (Å²) in [5, 5.41) is 0. The molecule has 1 aliphatic heterocycles. The zero-order valence-electron chi connectivity index (χ0n) is 16.6. The van der Waals surface area contributed by atoms with Crippen molar-refractivity contribution in [1.82, 2.24) is 9.21 Å². The van der Waals surface area contributed by atoms with Gasteiger partial charge in [-0.2, -0.15) is 4.31 Å². The van der Waals surface area contributed by atoms with Gasteiger partial charge in [-0.3, -0.25) is 4.79 Å². The molecule has 1 aromatic carbocycles. The summed E-state index contributed by atoms with van der Waals surface area (Å²) in [6.07, 6.45) is 0. The number of benzene rings is 1. The van der Waals surface area contributed by atoms with Crippen molar-refractivity contribution in [2.75, 3.05) is 13.1 Å². The highest BCUT2D eigenvalue weighted by Crippen LogP contribution is 2.32. The van der Waals surface area contributed by atoms with Crippen LogP contribution in [0.5, 0.6) is 0 Å². The van der Waals surface area contributed by atoms with Gasteiger partial charge in [-0.05, 0) is 77.6 Å². The van der Waals surface area contributed by atoms with E-state index in [9.17, 15) is 13.2 Å². The Kier molecular flexibility index (Phi) is 5.10. The average Bonchev–Trinajstić information content (AvgIpc) is 2.42. The van der Waals surface area contributed by atoms with Gasteiger partial charge in [-0.1, -0.05) is 6.07 Å². The van der Waals surface area contributed by atoms with Gasteiger partial charge in [-0.15, -0.1) is 0 Å². The minimum Gasteiger partial charge on any atom is -0.333 e. The first-order valence-electron chi connectivity index (χ1n) is 8.70. The largest absolute Gasteiger partial charge is 0.333 e. The van der Waals surface area contributed by atoms with Crippen LogP contribution in [0.4, 0.5) is 0 Å². The van der Waals surface area contributed by atoms with Gasteiger partial charge in [0.25, 0.3) is 0 Å². The zero-order chi connectivity index (χ0) is 19.3. The molecule has 1 aliphatic rings. The Morgan fingerprint density at radius 1 is 1.04 bits per heavy atom. The van der Waals surface area contributed by atoms with Crippen molar-refractivity contribution >= 4 is 15.9 Å². The Morgan fingerprint density at radius 3 is 1.92 bits per heavy atom. The molecule has 0 radical (unpaired) electrons. The summed E-state index contributed by atoms with van der Waals surface area (Å²) in [7, 11) is -3.74. The van der Waals surface area contributed by atoms with Gasteiger partial charge in [0.15, 0.2) is 0 Å². The van der Waals surface area contributed by atoms with Crippen molar-refractivity contribution in [2.24, 2.45) is 0 Å². The normalized spacial score (nSPS) is 18.9. The van der Waals surface area contributed by atoms with Crippen LogP contribution in [0.3, 0.4) is 0 Å². The Morgan fingerprint density at radius 2 is 1.52 bits per heavy atom. The fourth-order valence-electron chi connectivity index (χ4n) is 3.98. The van der Waals surface area contributed by atoms with Crippen molar-refractivity contribution < 1.29 is 13.2 Å². The molecule has 25 heavy (non-hydrogen) atoms. The Balaban J connectivity index is 2.55. The molecule has 1 fully saturated rings. The van der Waals surface area contributed by atoms with Gasteiger partial charge < -0.3 is 4.90 Å². The van der Waals surface area contributed by atoms with Crippen LogP contribution in [0.1, 0.15) is 49.9 Å². The Labute approximate surface area is 152 Å². The summed E-state index contributed by atoms with van der Waals surface area (Å²) >= 11 is 0. The summed E-state index contributed by atoms with van der Waals surface area (Å²) in [5.74, 6) is -0.144. The van der Waals surface area contributed by atoms with Crippen molar-refractivity contribution in [3.8, 4) is 0 Å². The Hall–Kier alpha value is -1.40. The maximum absolute atomic E-state index is 13.4. The highest BCUT2D eigenvalue weighted by molar-refractivity contribution is 7.89. The van der Waals surface area contributed by atoms with Gasteiger partial charge in [0, 0.05) is 12.6 Å². The number of aryl methyl sites for hydroxylation is 2. The van der Waals surface area contributed by atoms with Gasteiger partial charge in [0.1, 0.15) is 0 Å². The van der Waals surface area contributed by atoms with Crippen LogP contribution in [-0.2, 0) is 14.8 Å². The first kappa shape index (κ1) is 19.9. The fraction of sp³-hybridized carbons (Fsp3) is 0.632. The van der Waals surface area contributed by atoms with E-state index in [1.165, 1.54) is 4.31 Å². The van der Waals surface area contributed by atoms with Crippen LogP contribution < -0.4 is 0 Å². The Bertz CT molecular complexity index is 784. The summed E-state index contributed by atoms with van der Waals surface area (Å²) in [4.78, 5) is 14.8. The molecule has 2 rings (SSSR count). The number of piperazine rings is 1. The number of amides is 1. The third-order valence-corrected chi connectivity index (χ3v) is 7.27. The summed E-state index contributed by atoms with van der Waals surface area (Å²) < 4.78 is 28.1. The first-order valence-corrected chi connectivity index (χ1v) is 10.1. The van der Waals surface area contributed by atoms with Gasteiger partial charge in [0.2, 0.25) is 15.9 Å². The maximum atomic E-state index is 13.4. The molecular formula is C19H30N2O3S. The number of rotatable bonds is 3. The molecule has 1 aromatic rings. The third-order valence-electron chi connectivity index (χ3n) is 5.21. The van der Waals surface area contributed by atoms with Gasteiger partial charge in [-0.25, -0.2) is 8.42 Å². The second-order valence-corrected chi connectivity index (χ2v) is 9.91. The number of hydrogen-bond donors (Lipinski definition) is 0. The highest BCUT2D eigenvalue weighted by atomic mass is 32.2. The number of carbonyl (C=O) groups is 1. The van der Waals surface area contributed by atoms with Gasteiger partial charge >= 0.3 is 0 Å². The molecule has 1 saturated heterocycles. The summed E-state index contributed by atoms with van der Waals surface area (Å²) in [6, 6.07) is 2.05. The number of carbonyl (C=O) groups excluding carboxylic acids is 1. The topological polar surface area (TPSA) is 57.7 Å². The molecule has 0 unspecified atom stereocenters. The van der Waals surface area contributed by atoms with Crippen molar-refractivity contribution in [2.45, 2.75) is 71.9 Å². The van der Waals surface area contributed by atoms with Crippen LogP contribution in [0, 0.1) is 27.7 Å². The second kappa shape index (κ2) is 6.40. The highest BCUT2D eigenvalue weighted by Gasteiger charge is 2.44. The molecule has 0 saturated carbocycles. The lowest BCUT2D eigenvalue weighted by Gasteiger charge is -2.48. The minimum absolute atomic E-state index is 0.0389. The molecule has 5 nitrogen and oxygen atoms in total. The average molecular weight is 367 g/mol. The van der Waals surface area contributed by atoms with Crippen LogP contribution in [0.2, 0.25) is 0 Å². The predicted molar refractivity (Wildman–Crippen MR) is 100 cm³/mol. The van der Waals surface area contributed by atoms with E-state index >= 15 is 0 Å². The van der Waals surface area contributed by atoms with E-state index in [0.717, 1.165) is 22.3 Å². The summed E-state index contributed by atoms with van der Waals surface area (Å²) in [5.41, 5.74) is 2.89. The van der Waals surface area contributed by atoms with Crippen LogP contribution in [0.25, 0.3) is 0 Å². The standard InChI is InChI=1S/C19H30N2O3S/c1-12(2)21-17(22)10-20(11-19(21,7)8)25(23,24)18-15(5)13(3)9-14(4)16(18)6/h9,12H,10-11H2,1-8H3. The lowest BCUT2D eigenvalue weighted by Crippen LogP contribution is -2.64. The SMILES string of the molecule is Cc1cc(C)c(C)c(S(=O)(=O)N2CC(=O)N(C(C)C)C(C)(C)C2)c1C. The molecule has 0 spiro atoms. The number of nitrogens with zero attached hydrogens (tertiary/aromatic N) is 2. The lowest BCUT2D eigenvalue weighted by atomic mass is 9.98. The van der Waals surface area contributed by atoms with Gasteiger partial charge in [0.05, 0.1) is 17.0 Å². The van der Waals surface area contributed by atoms with Crippen molar-refractivity contribution in [1.29, 1.82) is 0 Å². The van der Waals surface area contributed by atoms with E-state index < -0.39 is 15.6 Å². The predicted octanol–water partition coefficient (Wildman–Crippen LogP) is 2.94. The molecule has 0 aromatic heterocycles. The molecule has 0 bridgehead atoms. The zero-order valence-corrected chi connectivity index (χ0v) is 17.4. The quantitative estimate of drug-likeness (QED) is 0.826. The minimum atomic E-state index is -3.74. The molecule has 0 aliphatic carbocycles. The van der Waals surface area contributed by atoms with Crippen molar-refractivity contribution in [3.63, 3.8) is 0 Å². The monoisotopic (exact) mass is 366 g/mol. The maximum Gasteiger partial charge on any atom is 0.244 e. The van der Waals surface area contributed by atoms with Crippen LogP contribution >= 0.6 is 0 Å². The number of sulfonamides is 1. The van der Waals surface area contributed by atoms with E-state index in [0.29, 0.717) is 11.4 Å². The number of hydrogen-bond acceptors (Lipinski definition) is 3. The molecule has 0 N–H and O–H groups in total. The summed E-state index contributed by atoms with van der Waals surface area (Å²) in [6.45, 7) is 15.5. The molecule has 1 amide bonds. The molecule has 140 valence electrons. The second-order valence-electron chi connectivity index (χ2n) is 8.03. The fourth-order valence-corrected chi connectivity index (χ4v) is 6.10. The molecule has 6 heteroatoms. The third kappa shape index (κ3) is 3.34. The van der Waals surface area contributed by atoms with Crippen molar-refractivity contribution in [3.05, 3.63) is 28.3 Å².